The molecule has 0 unspecified atom stereocenters. The van der Waals surface area contributed by atoms with Crippen molar-refractivity contribution in [3.63, 3.8) is 0 Å². The summed E-state index contributed by atoms with van der Waals surface area (Å²) in [5, 5.41) is 20.3. The smallest absolute Gasteiger partial charge is 0.408 e. The first-order chi connectivity index (χ1) is 16.8. The van der Waals surface area contributed by atoms with Crippen LogP contribution in [0.5, 0.6) is 5.75 Å². The number of carboxylic acid groups (broad SMARTS) is 2. The highest BCUT2D eigenvalue weighted by atomic mass is 35.5. The highest BCUT2D eigenvalue weighted by Gasteiger charge is 2.47. The Kier molecular flexibility index (Phi) is 7.31. The van der Waals surface area contributed by atoms with Gasteiger partial charge in [-0.15, -0.1) is 0 Å². The molecule has 2 aromatic rings. The third kappa shape index (κ3) is 5.27. The molecule has 4 rings (SSSR count). The molecular formula is C26H27ClN2O6. The van der Waals surface area contributed by atoms with E-state index in [1.807, 2.05) is 42.5 Å². The first-order valence-electron chi connectivity index (χ1n) is 11.5. The van der Waals surface area contributed by atoms with E-state index in [1.165, 1.54) is 16.7 Å². The minimum atomic E-state index is -1.17. The Balaban J connectivity index is 1.50. The van der Waals surface area contributed by atoms with Gasteiger partial charge in [0.15, 0.2) is 0 Å². The van der Waals surface area contributed by atoms with Crippen LogP contribution in [-0.2, 0) is 16.0 Å². The molecule has 9 heteroatoms. The molecule has 35 heavy (non-hydrogen) atoms. The van der Waals surface area contributed by atoms with Gasteiger partial charge in [-0.2, -0.15) is 0 Å². The van der Waals surface area contributed by atoms with Gasteiger partial charge in [-0.1, -0.05) is 48.0 Å². The summed E-state index contributed by atoms with van der Waals surface area (Å²) in [5.41, 5.74) is 2.51. The van der Waals surface area contributed by atoms with Crippen molar-refractivity contribution < 1.29 is 29.3 Å². The molecule has 0 aromatic heterocycles. The maximum absolute atomic E-state index is 12.3. The SMILES string of the molecule is CC(=O)N1C[C@H]2CC(c3ccc(CCCOc4ccccc4Cl)cc3)=C(C(=O)O)[C@@H](C1)N2C(=O)O. The summed E-state index contributed by atoms with van der Waals surface area (Å²) in [6.45, 7) is 2.21. The number of carboxylic acids is 1. The van der Waals surface area contributed by atoms with Crippen molar-refractivity contribution in [3.05, 3.63) is 70.3 Å². The summed E-state index contributed by atoms with van der Waals surface area (Å²) in [4.78, 5) is 38.9. The van der Waals surface area contributed by atoms with E-state index in [1.54, 1.807) is 6.07 Å². The number of benzene rings is 2. The first kappa shape index (κ1) is 24.6. The van der Waals surface area contributed by atoms with Crippen LogP contribution in [0.3, 0.4) is 0 Å². The fourth-order valence-electron chi connectivity index (χ4n) is 4.89. The second-order valence-electron chi connectivity index (χ2n) is 8.76. The quantitative estimate of drug-likeness (QED) is 0.555. The molecular weight excluding hydrogens is 472 g/mol. The fraction of sp³-hybridized carbons (Fsp3) is 0.346. The van der Waals surface area contributed by atoms with Gasteiger partial charge in [0.1, 0.15) is 5.75 Å². The zero-order chi connectivity index (χ0) is 25.1. The number of hydrogen-bond donors (Lipinski definition) is 2. The molecule has 1 fully saturated rings. The van der Waals surface area contributed by atoms with E-state index in [9.17, 15) is 24.6 Å². The second kappa shape index (κ2) is 10.4. The number of para-hydroxylation sites is 1. The average molecular weight is 499 g/mol. The summed E-state index contributed by atoms with van der Waals surface area (Å²) in [6.07, 6.45) is 0.627. The lowest BCUT2D eigenvalue weighted by atomic mass is 9.82. The predicted molar refractivity (Wildman–Crippen MR) is 131 cm³/mol. The van der Waals surface area contributed by atoms with Crippen molar-refractivity contribution in [1.29, 1.82) is 0 Å². The fourth-order valence-corrected chi connectivity index (χ4v) is 5.08. The Morgan fingerprint density at radius 1 is 1.06 bits per heavy atom. The summed E-state index contributed by atoms with van der Waals surface area (Å²) in [6, 6.07) is 13.6. The Morgan fingerprint density at radius 2 is 1.77 bits per heavy atom. The minimum Gasteiger partial charge on any atom is -0.492 e. The van der Waals surface area contributed by atoms with Crippen LogP contribution in [-0.4, -0.2) is 69.8 Å². The second-order valence-corrected chi connectivity index (χ2v) is 9.17. The van der Waals surface area contributed by atoms with E-state index in [2.05, 4.69) is 0 Å². The van der Waals surface area contributed by atoms with Gasteiger partial charge in [-0.25, -0.2) is 9.59 Å². The Bertz CT molecular complexity index is 1160. The van der Waals surface area contributed by atoms with Crippen molar-refractivity contribution in [2.45, 2.75) is 38.3 Å². The van der Waals surface area contributed by atoms with E-state index < -0.39 is 24.1 Å². The monoisotopic (exact) mass is 498 g/mol. The molecule has 2 bridgehead atoms. The van der Waals surface area contributed by atoms with Gasteiger partial charge in [-0.3, -0.25) is 9.69 Å². The number of fused-ring (bicyclic) bond motifs is 2. The summed E-state index contributed by atoms with van der Waals surface area (Å²) >= 11 is 6.10. The lowest BCUT2D eigenvalue weighted by molar-refractivity contribution is -0.137. The van der Waals surface area contributed by atoms with E-state index in [4.69, 9.17) is 16.3 Å². The molecule has 2 amide bonds. The molecule has 8 nitrogen and oxygen atoms in total. The number of aliphatic carboxylic acids is 1. The zero-order valence-electron chi connectivity index (χ0n) is 19.3. The van der Waals surface area contributed by atoms with Crippen LogP contribution in [0, 0.1) is 0 Å². The molecule has 2 heterocycles. The standard InChI is InChI=1S/C26H27ClN2O6/c1-16(30)28-14-19-13-20(24(25(31)32)22(15-28)29(19)26(33)34)18-10-8-17(9-11-18)5-4-12-35-23-7-3-2-6-21(23)27/h2-3,6-11,19,22H,4-5,12-15H2,1H3,(H,31,32)(H,33,34)/t19-,22-/m1/s1. The number of ether oxygens (including phenoxy) is 1. The van der Waals surface area contributed by atoms with Gasteiger partial charge >= 0.3 is 12.1 Å². The Labute approximate surface area is 208 Å². The van der Waals surface area contributed by atoms with Crippen molar-refractivity contribution in [2.24, 2.45) is 0 Å². The number of hydrogen-bond acceptors (Lipinski definition) is 4. The normalized spacial score (nSPS) is 19.5. The molecule has 1 saturated heterocycles. The van der Waals surface area contributed by atoms with Crippen LogP contribution in [0.15, 0.2) is 54.1 Å². The minimum absolute atomic E-state index is 0.0345. The molecule has 0 spiro atoms. The molecule has 2 atom stereocenters. The molecule has 2 N–H and O–H groups in total. The van der Waals surface area contributed by atoms with Gasteiger partial charge in [-0.05, 0) is 48.1 Å². The molecule has 184 valence electrons. The third-order valence-corrected chi connectivity index (χ3v) is 6.87. The molecule has 0 radical (unpaired) electrons. The van der Waals surface area contributed by atoms with E-state index in [0.717, 1.165) is 24.0 Å². The lowest BCUT2D eigenvalue weighted by Gasteiger charge is -2.49. The number of halogens is 1. The van der Waals surface area contributed by atoms with Gasteiger partial charge in [0.2, 0.25) is 5.91 Å². The average Bonchev–Trinajstić information content (AvgIpc) is 2.81. The van der Waals surface area contributed by atoms with Crippen LogP contribution in [0.2, 0.25) is 5.02 Å². The number of carbonyl (C=O) groups is 3. The van der Waals surface area contributed by atoms with Crippen LogP contribution >= 0.6 is 11.6 Å². The number of amides is 2. The van der Waals surface area contributed by atoms with Crippen molar-refractivity contribution in [2.75, 3.05) is 19.7 Å². The maximum atomic E-state index is 12.3. The van der Waals surface area contributed by atoms with E-state index in [-0.39, 0.29) is 31.0 Å². The van der Waals surface area contributed by atoms with E-state index in [0.29, 0.717) is 23.0 Å². The van der Waals surface area contributed by atoms with Gasteiger partial charge in [0, 0.05) is 20.0 Å². The number of rotatable bonds is 7. The topological polar surface area (TPSA) is 107 Å². The van der Waals surface area contributed by atoms with Gasteiger partial charge in [0.25, 0.3) is 0 Å². The number of piperazine rings is 1. The molecule has 2 aromatic carbocycles. The Morgan fingerprint density at radius 3 is 2.40 bits per heavy atom. The van der Waals surface area contributed by atoms with Crippen molar-refractivity contribution in [1.82, 2.24) is 9.80 Å². The highest BCUT2D eigenvalue weighted by Crippen LogP contribution is 2.38. The molecule has 0 saturated carbocycles. The third-order valence-electron chi connectivity index (χ3n) is 6.55. The summed E-state index contributed by atoms with van der Waals surface area (Å²) < 4.78 is 5.73. The van der Waals surface area contributed by atoms with Crippen molar-refractivity contribution >= 4 is 35.1 Å². The highest BCUT2D eigenvalue weighted by molar-refractivity contribution is 6.32. The van der Waals surface area contributed by atoms with Crippen LogP contribution in [0.25, 0.3) is 5.57 Å². The number of aryl methyl sites for hydroxylation is 1. The van der Waals surface area contributed by atoms with Gasteiger partial charge < -0.3 is 19.8 Å². The first-order valence-corrected chi connectivity index (χ1v) is 11.8. The van der Waals surface area contributed by atoms with Gasteiger partial charge in [0.05, 0.1) is 29.3 Å². The van der Waals surface area contributed by atoms with Crippen LogP contribution < -0.4 is 4.74 Å². The Hall–Kier alpha value is -3.52. The maximum Gasteiger partial charge on any atom is 0.408 e. The zero-order valence-corrected chi connectivity index (χ0v) is 20.1. The molecule has 0 aliphatic carbocycles. The van der Waals surface area contributed by atoms with Crippen LogP contribution in [0.1, 0.15) is 30.9 Å². The molecule has 2 aliphatic rings. The number of carbonyl (C=O) groups excluding carboxylic acids is 1. The number of nitrogens with zero attached hydrogens (tertiary/aromatic N) is 2. The summed E-state index contributed by atoms with van der Waals surface area (Å²) in [5.74, 6) is -0.707. The largest absolute Gasteiger partial charge is 0.492 e. The predicted octanol–water partition coefficient (Wildman–Crippen LogP) is 4.17. The lowest BCUT2D eigenvalue weighted by Crippen LogP contribution is -2.64. The van der Waals surface area contributed by atoms with Crippen LogP contribution in [0.4, 0.5) is 4.79 Å². The summed E-state index contributed by atoms with van der Waals surface area (Å²) in [7, 11) is 0. The molecule has 2 aliphatic heterocycles. The van der Waals surface area contributed by atoms with Crippen molar-refractivity contribution in [3.8, 4) is 5.75 Å². The van der Waals surface area contributed by atoms with E-state index >= 15 is 0 Å².